The summed E-state index contributed by atoms with van der Waals surface area (Å²) in [5, 5.41) is 14.2. The summed E-state index contributed by atoms with van der Waals surface area (Å²) in [7, 11) is 0. The molecule has 9 heteroatoms. The second-order valence-corrected chi connectivity index (χ2v) is 6.82. The van der Waals surface area contributed by atoms with E-state index in [9.17, 15) is 9.18 Å². The fourth-order valence-electron chi connectivity index (χ4n) is 2.62. The van der Waals surface area contributed by atoms with Gasteiger partial charge in [-0.3, -0.25) is 4.79 Å². The van der Waals surface area contributed by atoms with Crippen LogP contribution < -0.4 is 5.32 Å². The molecular formula is C20H13BrFN5O2. The summed E-state index contributed by atoms with van der Waals surface area (Å²) in [6, 6.07) is 16.9. The molecule has 2 aromatic carbocycles. The molecule has 0 fully saturated rings. The van der Waals surface area contributed by atoms with Crippen LogP contribution in [-0.2, 0) is 4.79 Å². The van der Waals surface area contributed by atoms with Crippen molar-refractivity contribution in [1.29, 1.82) is 0 Å². The molecule has 0 saturated heterocycles. The maximum Gasteiger partial charge on any atom is 0.274 e. The number of furan rings is 1. The predicted octanol–water partition coefficient (Wildman–Crippen LogP) is 4.47. The normalized spacial score (nSPS) is 11.4. The lowest BCUT2D eigenvalue weighted by molar-refractivity contribution is -0.111. The average Bonchev–Trinajstić information content (AvgIpc) is 3.40. The molecule has 2 heterocycles. The van der Waals surface area contributed by atoms with Crippen LogP contribution in [0.15, 0.2) is 75.8 Å². The highest BCUT2D eigenvalue weighted by Gasteiger charge is 2.21. The van der Waals surface area contributed by atoms with Gasteiger partial charge in [-0.15, -0.1) is 5.10 Å². The van der Waals surface area contributed by atoms with E-state index in [4.69, 9.17) is 4.42 Å². The maximum absolute atomic E-state index is 14.2. The maximum atomic E-state index is 14.2. The minimum Gasteiger partial charge on any atom is -0.465 e. The number of carbonyl (C=O) groups is 1. The molecule has 1 amide bonds. The van der Waals surface area contributed by atoms with Crippen LogP contribution >= 0.6 is 15.9 Å². The molecule has 0 saturated carbocycles. The van der Waals surface area contributed by atoms with Gasteiger partial charge in [-0.05, 0) is 40.8 Å². The number of hydrogen-bond acceptors (Lipinski definition) is 5. The fourth-order valence-corrected chi connectivity index (χ4v) is 2.96. The van der Waals surface area contributed by atoms with Gasteiger partial charge in [0.2, 0.25) is 0 Å². The number of tetrazole rings is 1. The summed E-state index contributed by atoms with van der Waals surface area (Å²) in [5.74, 6) is -0.409. The van der Waals surface area contributed by atoms with Crippen LogP contribution in [0.25, 0.3) is 23.2 Å². The standard InChI is InChI=1S/C20H13BrFN5O2/c21-14-8-9-17(16(22)11-14)23-20(28)18(12-15-7-4-10-29-15)27-19(24-25-26-27)13-5-2-1-3-6-13/h1-12H,(H,23,28)/b18-12+. The Labute approximate surface area is 173 Å². The number of rotatable bonds is 5. The van der Waals surface area contributed by atoms with E-state index in [1.165, 1.54) is 29.2 Å². The first-order valence-corrected chi connectivity index (χ1v) is 9.27. The van der Waals surface area contributed by atoms with Crippen LogP contribution in [0.1, 0.15) is 5.76 Å². The minimum absolute atomic E-state index is 0.0258. The van der Waals surface area contributed by atoms with Crippen molar-refractivity contribution in [2.75, 3.05) is 5.32 Å². The monoisotopic (exact) mass is 453 g/mol. The Hall–Kier alpha value is -3.59. The van der Waals surface area contributed by atoms with Gasteiger partial charge in [0.25, 0.3) is 5.91 Å². The summed E-state index contributed by atoms with van der Waals surface area (Å²) < 4.78 is 21.4. The number of carbonyl (C=O) groups excluding carboxylic acids is 1. The molecule has 0 bridgehead atoms. The van der Waals surface area contributed by atoms with E-state index in [1.807, 2.05) is 30.3 Å². The van der Waals surface area contributed by atoms with E-state index in [2.05, 4.69) is 36.8 Å². The SMILES string of the molecule is O=C(Nc1ccc(Br)cc1F)/C(=C\c1ccco1)n1nnnc1-c1ccccc1. The molecule has 0 atom stereocenters. The molecule has 0 radical (unpaired) electrons. The lowest BCUT2D eigenvalue weighted by Crippen LogP contribution is -2.20. The molecule has 29 heavy (non-hydrogen) atoms. The second-order valence-electron chi connectivity index (χ2n) is 5.90. The van der Waals surface area contributed by atoms with Crippen LogP contribution in [0.5, 0.6) is 0 Å². The molecule has 0 aliphatic carbocycles. The molecule has 1 N–H and O–H groups in total. The third-order valence-corrected chi connectivity index (χ3v) is 4.46. The number of nitrogens with one attached hydrogen (secondary N) is 1. The van der Waals surface area contributed by atoms with Gasteiger partial charge in [-0.2, -0.15) is 4.68 Å². The molecule has 2 aromatic heterocycles. The van der Waals surface area contributed by atoms with E-state index >= 15 is 0 Å². The highest BCUT2D eigenvalue weighted by molar-refractivity contribution is 9.10. The topological polar surface area (TPSA) is 85.8 Å². The Morgan fingerprint density at radius 1 is 1.14 bits per heavy atom. The van der Waals surface area contributed by atoms with E-state index in [0.717, 1.165) is 0 Å². The summed E-state index contributed by atoms with van der Waals surface area (Å²) in [6.45, 7) is 0. The second kappa shape index (κ2) is 8.19. The Balaban J connectivity index is 1.76. The molecule has 4 aromatic rings. The fraction of sp³-hybridized carbons (Fsp3) is 0. The molecular weight excluding hydrogens is 441 g/mol. The van der Waals surface area contributed by atoms with Crippen molar-refractivity contribution in [2.24, 2.45) is 0 Å². The van der Waals surface area contributed by atoms with E-state index in [-0.39, 0.29) is 11.4 Å². The van der Waals surface area contributed by atoms with Gasteiger partial charge in [-0.1, -0.05) is 46.3 Å². The number of hydrogen-bond donors (Lipinski definition) is 1. The van der Waals surface area contributed by atoms with Crippen molar-refractivity contribution in [2.45, 2.75) is 0 Å². The van der Waals surface area contributed by atoms with Crippen molar-refractivity contribution >= 4 is 39.3 Å². The van der Waals surface area contributed by atoms with Crippen LogP contribution in [0.3, 0.4) is 0 Å². The van der Waals surface area contributed by atoms with E-state index in [0.29, 0.717) is 21.6 Å². The number of anilines is 1. The van der Waals surface area contributed by atoms with Gasteiger partial charge >= 0.3 is 0 Å². The molecule has 0 aliphatic heterocycles. The molecule has 0 spiro atoms. The average molecular weight is 454 g/mol. The van der Waals surface area contributed by atoms with Crippen LogP contribution in [0, 0.1) is 5.82 Å². The minimum atomic E-state index is -0.605. The van der Waals surface area contributed by atoms with Crippen molar-refractivity contribution in [3.63, 3.8) is 0 Å². The van der Waals surface area contributed by atoms with E-state index in [1.54, 1.807) is 18.2 Å². The summed E-state index contributed by atoms with van der Waals surface area (Å²) in [6.07, 6.45) is 2.96. The first-order chi connectivity index (χ1) is 14.1. The molecule has 144 valence electrons. The first kappa shape index (κ1) is 18.8. The van der Waals surface area contributed by atoms with Crippen molar-refractivity contribution in [3.8, 4) is 11.4 Å². The first-order valence-electron chi connectivity index (χ1n) is 8.47. The lowest BCUT2D eigenvalue weighted by atomic mass is 10.2. The van der Waals surface area contributed by atoms with Gasteiger partial charge in [0.05, 0.1) is 12.0 Å². The Kier molecular flexibility index (Phi) is 5.30. The molecule has 7 nitrogen and oxygen atoms in total. The highest BCUT2D eigenvalue weighted by atomic mass is 79.9. The quantitative estimate of drug-likeness (QED) is 0.450. The molecule has 4 rings (SSSR count). The van der Waals surface area contributed by atoms with Crippen LogP contribution in [-0.4, -0.2) is 26.1 Å². The van der Waals surface area contributed by atoms with Crippen molar-refractivity contribution in [1.82, 2.24) is 20.2 Å². The van der Waals surface area contributed by atoms with Crippen LogP contribution in [0.2, 0.25) is 0 Å². The number of nitrogens with zero attached hydrogens (tertiary/aromatic N) is 4. The zero-order chi connectivity index (χ0) is 20.2. The number of benzene rings is 2. The highest BCUT2D eigenvalue weighted by Crippen LogP contribution is 2.24. The van der Waals surface area contributed by atoms with Gasteiger partial charge in [0, 0.05) is 16.1 Å². The van der Waals surface area contributed by atoms with E-state index < -0.39 is 11.7 Å². The Morgan fingerprint density at radius 2 is 1.97 bits per heavy atom. The third-order valence-electron chi connectivity index (χ3n) is 3.96. The van der Waals surface area contributed by atoms with Gasteiger partial charge in [-0.25, -0.2) is 4.39 Å². The largest absolute Gasteiger partial charge is 0.465 e. The molecule has 0 aliphatic rings. The number of aromatic nitrogens is 4. The summed E-state index contributed by atoms with van der Waals surface area (Å²) >= 11 is 3.19. The zero-order valence-corrected chi connectivity index (χ0v) is 16.4. The number of halogens is 2. The van der Waals surface area contributed by atoms with Crippen molar-refractivity contribution < 1.29 is 13.6 Å². The van der Waals surface area contributed by atoms with Crippen LogP contribution in [0.4, 0.5) is 10.1 Å². The Bertz CT molecular complexity index is 1170. The third kappa shape index (κ3) is 4.14. The van der Waals surface area contributed by atoms with Gasteiger partial charge in [0.1, 0.15) is 17.3 Å². The van der Waals surface area contributed by atoms with Crippen molar-refractivity contribution in [3.05, 3.63) is 83.0 Å². The summed E-state index contributed by atoms with van der Waals surface area (Å²) in [4.78, 5) is 13.0. The van der Waals surface area contributed by atoms with Gasteiger partial charge < -0.3 is 9.73 Å². The Morgan fingerprint density at radius 3 is 2.69 bits per heavy atom. The predicted molar refractivity (Wildman–Crippen MR) is 109 cm³/mol. The summed E-state index contributed by atoms with van der Waals surface area (Å²) in [5.41, 5.74) is 0.800. The van der Waals surface area contributed by atoms with Gasteiger partial charge in [0.15, 0.2) is 5.82 Å². The molecule has 0 unspecified atom stereocenters. The number of amides is 1. The lowest BCUT2D eigenvalue weighted by Gasteiger charge is -2.11. The smallest absolute Gasteiger partial charge is 0.274 e. The zero-order valence-electron chi connectivity index (χ0n) is 14.8.